The number of hydrogen-bond donors (Lipinski definition) is 1. The first kappa shape index (κ1) is 18.7. The molecule has 0 radical (unpaired) electrons. The number of aromatic nitrogens is 3. The Kier molecular flexibility index (Phi) is 5.06. The van der Waals surface area contributed by atoms with Crippen molar-refractivity contribution >= 4 is 16.0 Å². The van der Waals surface area contributed by atoms with E-state index in [1.54, 1.807) is 17.9 Å². The highest BCUT2D eigenvalue weighted by molar-refractivity contribution is 7.89. The third kappa shape index (κ3) is 3.74. The Morgan fingerprint density at radius 3 is 2.48 bits per heavy atom. The van der Waals surface area contributed by atoms with Gasteiger partial charge in [-0.2, -0.15) is 9.40 Å². The molecule has 3 rings (SSSR count). The number of sulfonamides is 1. The molecule has 0 aliphatic rings. The molecular formula is C18H18N4O4S. The van der Waals surface area contributed by atoms with Crippen LogP contribution in [0.5, 0.6) is 0 Å². The molecule has 1 atom stereocenters. The predicted molar refractivity (Wildman–Crippen MR) is 98.1 cm³/mol. The normalized spacial score (nSPS) is 12.9. The predicted octanol–water partition coefficient (Wildman–Crippen LogP) is 2.35. The number of aromatic carboxylic acids is 1. The Labute approximate surface area is 156 Å². The van der Waals surface area contributed by atoms with E-state index in [2.05, 4.69) is 10.1 Å². The van der Waals surface area contributed by atoms with Gasteiger partial charge in [0.05, 0.1) is 16.1 Å². The molecule has 1 aromatic heterocycles. The fourth-order valence-electron chi connectivity index (χ4n) is 2.62. The van der Waals surface area contributed by atoms with E-state index in [1.807, 2.05) is 24.3 Å². The third-order valence-electron chi connectivity index (χ3n) is 4.36. The fraction of sp³-hybridized carbons (Fsp3) is 0.167. The van der Waals surface area contributed by atoms with Crippen molar-refractivity contribution in [3.63, 3.8) is 0 Å². The number of carbonyl (C=O) groups is 1. The molecule has 0 bridgehead atoms. The lowest BCUT2D eigenvalue weighted by Crippen LogP contribution is -2.30. The molecule has 140 valence electrons. The largest absolute Gasteiger partial charge is 0.478 e. The maximum absolute atomic E-state index is 12.9. The minimum absolute atomic E-state index is 0.0593. The standard InChI is InChI=1S/C18H18N4O4S/c1-13(14-6-8-16(9-7-14)22-12-19-11-20-22)21(2)27(25,26)17-5-3-4-15(10-17)18(23)24/h3-13H,1-2H3,(H,23,24)/t13-/m0/s1. The van der Waals surface area contributed by atoms with Crippen molar-refractivity contribution in [3.8, 4) is 5.69 Å². The molecule has 1 heterocycles. The number of benzene rings is 2. The molecule has 0 saturated heterocycles. The van der Waals surface area contributed by atoms with Crippen LogP contribution in [-0.2, 0) is 10.0 Å². The highest BCUT2D eigenvalue weighted by atomic mass is 32.2. The Hall–Kier alpha value is -3.04. The van der Waals surface area contributed by atoms with Crippen LogP contribution in [0.1, 0.15) is 28.9 Å². The lowest BCUT2D eigenvalue weighted by Gasteiger charge is -2.25. The SMILES string of the molecule is C[C@@H](c1ccc(-n2cncn2)cc1)N(C)S(=O)(=O)c1cccc(C(=O)O)c1. The molecular weight excluding hydrogens is 368 g/mol. The van der Waals surface area contributed by atoms with Gasteiger partial charge in [-0.1, -0.05) is 18.2 Å². The van der Waals surface area contributed by atoms with Crippen LogP contribution in [-0.4, -0.2) is 45.6 Å². The first-order valence-corrected chi connectivity index (χ1v) is 9.51. The summed E-state index contributed by atoms with van der Waals surface area (Å²) in [6.45, 7) is 1.77. The first-order chi connectivity index (χ1) is 12.8. The van der Waals surface area contributed by atoms with Crippen LogP contribution in [0.4, 0.5) is 0 Å². The van der Waals surface area contributed by atoms with E-state index >= 15 is 0 Å². The van der Waals surface area contributed by atoms with E-state index in [9.17, 15) is 13.2 Å². The monoisotopic (exact) mass is 386 g/mol. The minimum atomic E-state index is -3.85. The van der Waals surface area contributed by atoms with Crippen molar-refractivity contribution in [1.29, 1.82) is 0 Å². The quantitative estimate of drug-likeness (QED) is 0.697. The smallest absolute Gasteiger partial charge is 0.335 e. The average molecular weight is 386 g/mol. The molecule has 27 heavy (non-hydrogen) atoms. The number of rotatable bonds is 6. The summed E-state index contributed by atoms with van der Waals surface area (Å²) in [7, 11) is -2.38. The van der Waals surface area contributed by atoms with E-state index in [-0.39, 0.29) is 10.5 Å². The molecule has 0 fully saturated rings. The van der Waals surface area contributed by atoms with Crippen molar-refractivity contribution in [3.05, 3.63) is 72.3 Å². The fourth-order valence-corrected chi connectivity index (χ4v) is 4.02. The van der Waals surface area contributed by atoms with Gasteiger partial charge in [-0.05, 0) is 42.8 Å². The molecule has 8 nitrogen and oxygen atoms in total. The Bertz CT molecular complexity index is 1050. The molecule has 0 aliphatic carbocycles. The van der Waals surface area contributed by atoms with Gasteiger partial charge in [-0.15, -0.1) is 0 Å². The second-order valence-electron chi connectivity index (χ2n) is 5.96. The molecule has 0 saturated carbocycles. The molecule has 0 aliphatic heterocycles. The van der Waals surface area contributed by atoms with Gasteiger partial charge >= 0.3 is 5.97 Å². The minimum Gasteiger partial charge on any atom is -0.478 e. The maximum Gasteiger partial charge on any atom is 0.335 e. The number of nitrogens with zero attached hydrogens (tertiary/aromatic N) is 4. The number of carboxylic acid groups (broad SMARTS) is 1. The van der Waals surface area contributed by atoms with Crippen molar-refractivity contribution < 1.29 is 18.3 Å². The van der Waals surface area contributed by atoms with Gasteiger partial charge in [0.25, 0.3) is 0 Å². The lowest BCUT2D eigenvalue weighted by molar-refractivity contribution is 0.0696. The summed E-state index contributed by atoms with van der Waals surface area (Å²) < 4.78 is 28.6. The average Bonchev–Trinajstić information content (AvgIpc) is 3.22. The van der Waals surface area contributed by atoms with Gasteiger partial charge in [-0.3, -0.25) is 0 Å². The van der Waals surface area contributed by atoms with Crippen LogP contribution in [0.3, 0.4) is 0 Å². The Balaban J connectivity index is 1.86. The maximum atomic E-state index is 12.9. The van der Waals surface area contributed by atoms with E-state index in [0.29, 0.717) is 0 Å². The van der Waals surface area contributed by atoms with E-state index in [4.69, 9.17) is 5.11 Å². The van der Waals surface area contributed by atoms with Crippen molar-refractivity contribution in [2.75, 3.05) is 7.05 Å². The summed E-state index contributed by atoms with van der Waals surface area (Å²) in [5, 5.41) is 13.1. The molecule has 0 unspecified atom stereocenters. The van der Waals surface area contributed by atoms with Crippen LogP contribution in [0.15, 0.2) is 66.1 Å². The van der Waals surface area contributed by atoms with Crippen LogP contribution in [0, 0.1) is 0 Å². The summed E-state index contributed by atoms with van der Waals surface area (Å²) in [5.41, 5.74) is 1.52. The second kappa shape index (κ2) is 7.29. The third-order valence-corrected chi connectivity index (χ3v) is 6.29. The van der Waals surface area contributed by atoms with Crippen LogP contribution in [0.2, 0.25) is 0 Å². The van der Waals surface area contributed by atoms with Gasteiger partial charge in [0.1, 0.15) is 12.7 Å². The van der Waals surface area contributed by atoms with E-state index in [1.165, 1.54) is 35.9 Å². The Morgan fingerprint density at radius 1 is 1.19 bits per heavy atom. The van der Waals surface area contributed by atoms with E-state index < -0.39 is 22.0 Å². The zero-order valence-electron chi connectivity index (χ0n) is 14.7. The topological polar surface area (TPSA) is 105 Å². The van der Waals surface area contributed by atoms with Gasteiger partial charge < -0.3 is 5.11 Å². The van der Waals surface area contributed by atoms with Crippen LogP contribution >= 0.6 is 0 Å². The lowest BCUT2D eigenvalue weighted by atomic mass is 10.1. The molecule has 0 spiro atoms. The molecule has 3 aromatic rings. The van der Waals surface area contributed by atoms with Gasteiger partial charge in [0, 0.05) is 13.1 Å². The second-order valence-corrected chi connectivity index (χ2v) is 7.96. The molecule has 0 amide bonds. The molecule has 2 aromatic carbocycles. The molecule has 9 heteroatoms. The van der Waals surface area contributed by atoms with Gasteiger partial charge in [0.15, 0.2) is 0 Å². The van der Waals surface area contributed by atoms with Crippen LogP contribution < -0.4 is 0 Å². The Morgan fingerprint density at radius 2 is 1.89 bits per heavy atom. The van der Waals surface area contributed by atoms with Crippen molar-refractivity contribution in [2.24, 2.45) is 0 Å². The zero-order chi connectivity index (χ0) is 19.6. The summed E-state index contributed by atoms with van der Waals surface area (Å²) in [6.07, 6.45) is 3.01. The van der Waals surface area contributed by atoms with Crippen LogP contribution in [0.25, 0.3) is 5.69 Å². The highest BCUT2D eigenvalue weighted by Crippen LogP contribution is 2.26. The summed E-state index contributed by atoms with van der Waals surface area (Å²) in [5.74, 6) is -1.17. The highest BCUT2D eigenvalue weighted by Gasteiger charge is 2.27. The number of carboxylic acids is 1. The van der Waals surface area contributed by atoms with Crippen molar-refractivity contribution in [2.45, 2.75) is 17.9 Å². The zero-order valence-corrected chi connectivity index (χ0v) is 15.5. The first-order valence-electron chi connectivity index (χ1n) is 8.07. The van der Waals surface area contributed by atoms with Gasteiger partial charge in [-0.25, -0.2) is 22.9 Å². The summed E-state index contributed by atoms with van der Waals surface area (Å²) in [4.78, 5) is 14.9. The summed E-state index contributed by atoms with van der Waals surface area (Å²) >= 11 is 0. The van der Waals surface area contributed by atoms with Crippen molar-refractivity contribution in [1.82, 2.24) is 19.1 Å². The molecule has 1 N–H and O–H groups in total. The summed E-state index contributed by atoms with van der Waals surface area (Å²) in [6, 6.07) is 12.2. The number of hydrogen-bond acceptors (Lipinski definition) is 5. The van der Waals surface area contributed by atoms with Gasteiger partial charge in [0.2, 0.25) is 10.0 Å². The van der Waals surface area contributed by atoms with E-state index in [0.717, 1.165) is 17.3 Å².